The van der Waals surface area contributed by atoms with Crippen molar-refractivity contribution in [1.29, 1.82) is 0 Å². The first-order chi connectivity index (χ1) is 9.72. The number of rotatable bonds is 5. The van der Waals surface area contributed by atoms with Gasteiger partial charge in [0, 0.05) is 19.5 Å². The van der Waals surface area contributed by atoms with Gasteiger partial charge in [-0.15, -0.1) is 0 Å². The number of aryl methyl sites for hydroxylation is 1. The number of hydrogen-bond donors (Lipinski definition) is 0. The summed E-state index contributed by atoms with van der Waals surface area (Å²) in [5.74, 6) is -0.144. The summed E-state index contributed by atoms with van der Waals surface area (Å²) in [5.41, 5.74) is 3.78. The summed E-state index contributed by atoms with van der Waals surface area (Å²) in [4.78, 5) is 24.0. The van der Waals surface area contributed by atoms with Gasteiger partial charge in [-0.25, -0.2) is 0 Å². The highest BCUT2D eigenvalue weighted by Crippen LogP contribution is 2.18. The molecule has 2 rings (SSSR count). The molecular weight excluding hydrogens is 254 g/mol. The summed E-state index contributed by atoms with van der Waals surface area (Å²) in [5, 5.41) is 0. The Hall–Kier alpha value is -1.84. The lowest BCUT2D eigenvalue weighted by molar-refractivity contribution is -0.143. The molecule has 1 aliphatic rings. The molecule has 0 aromatic heterocycles. The Balaban J connectivity index is 1.99. The monoisotopic (exact) mass is 275 g/mol. The third kappa shape index (κ3) is 3.83. The van der Waals surface area contributed by atoms with Crippen molar-refractivity contribution < 1.29 is 14.3 Å². The number of hydrogen-bond acceptors (Lipinski definition) is 3. The Kier molecular flexibility index (Phi) is 5.16. The van der Waals surface area contributed by atoms with Crippen LogP contribution in [0.25, 0.3) is 0 Å². The van der Waals surface area contributed by atoms with Gasteiger partial charge in [0.2, 0.25) is 6.41 Å². The van der Waals surface area contributed by atoms with E-state index in [-0.39, 0.29) is 5.97 Å². The van der Waals surface area contributed by atoms with Crippen molar-refractivity contribution in [3.63, 3.8) is 0 Å². The SMILES string of the molecule is CCOC(=O)CCc1ccc2c(c1)CCN(C=O)CC2. The van der Waals surface area contributed by atoms with Gasteiger partial charge in [0.1, 0.15) is 0 Å². The fourth-order valence-electron chi connectivity index (χ4n) is 2.54. The molecule has 0 radical (unpaired) electrons. The molecule has 4 nitrogen and oxygen atoms in total. The fraction of sp³-hybridized carbons (Fsp3) is 0.500. The minimum absolute atomic E-state index is 0.144. The van der Waals surface area contributed by atoms with E-state index in [0.717, 1.165) is 37.9 Å². The molecule has 0 saturated heterocycles. The van der Waals surface area contributed by atoms with Crippen LogP contribution in [0, 0.1) is 0 Å². The van der Waals surface area contributed by atoms with Crippen LogP contribution in [0.15, 0.2) is 18.2 Å². The maximum atomic E-state index is 11.4. The van der Waals surface area contributed by atoms with Gasteiger partial charge in [-0.2, -0.15) is 0 Å². The number of amides is 1. The Morgan fingerprint density at radius 3 is 2.75 bits per heavy atom. The molecular formula is C16H21NO3. The van der Waals surface area contributed by atoms with Gasteiger partial charge in [-0.3, -0.25) is 9.59 Å². The molecule has 1 amide bonds. The van der Waals surface area contributed by atoms with Gasteiger partial charge < -0.3 is 9.64 Å². The standard InChI is InChI=1S/C16H21NO3/c1-2-20-16(19)6-4-13-3-5-14-7-9-17(12-18)10-8-15(14)11-13/h3,5,11-12H,2,4,6-10H2,1H3. The number of fused-ring (bicyclic) bond motifs is 1. The van der Waals surface area contributed by atoms with E-state index >= 15 is 0 Å². The predicted octanol–water partition coefficient (Wildman–Crippen LogP) is 1.74. The van der Waals surface area contributed by atoms with Crippen molar-refractivity contribution in [1.82, 2.24) is 4.90 Å². The maximum Gasteiger partial charge on any atom is 0.306 e. The highest BCUT2D eigenvalue weighted by Gasteiger charge is 2.13. The first-order valence-electron chi connectivity index (χ1n) is 7.18. The van der Waals surface area contributed by atoms with Crippen LogP contribution in [0.5, 0.6) is 0 Å². The van der Waals surface area contributed by atoms with Crippen molar-refractivity contribution in [2.45, 2.75) is 32.6 Å². The number of benzene rings is 1. The molecule has 1 heterocycles. The van der Waals surface area contributed by atoms with Crippen molar-refractivity contribution in [3.8, 4) is 0 Å². The molecule has 0 N–H and O–H groups in total. The van der Waals surface area contributed by atoms with Gasteiger partial charge in [0.05, 0.1) is 6.61 Å². The van der Waals surface area contributed by atoms with Crippen molar-refractivity contribution in [2.75, 3.05) is 19.7 Å². The zero-order valence-electron chi connectivity index (χ0n) is 11.9. The lowest BCUT2D eigenvalue weighted by Gasteiger charge is -2.12. The van der Waals surface area contributed by atoms with E-state index in [1.807, 2.05) is 11.8 Å². The molecule has 20 heavy (non-hydrogen) atoms. The molecule has 0 fully saturated rings. The van der Waals surface area contributed by atoms with Crippen molar-refractivity contribution in [3.05, 3.63) is 34.9 Å². The smallest absolute Gasteiger partial charge is 0.306 e. The summed E-state index contributed by atoms with van der Waals surface area (Å²) in [6.45, 7) is 3.82. The minimum Gasteiger partial charge on any atom is -0.466 e. The van der Waals surface area contributed by atoms with Crippen LogP contribution in [0.4, 0.5) is 0 Å². The Morgan fingerprint density at radius 1 is 1.30 bits per heavy atom. The quantitative estimate of drug-likeness (QED) is 0.607. The summed E-state index contributed by atoms with van der Waals surface area (Å²) in [7, 11) is 0. The molecule has 4 heteroatoms. The minimum atomic E-state index is -0.144. The van der Waals surface area contributed by atoms with Crippen LogP contribution >= 0.6 is 0 Å². The second kappa shape index (κ2) is 7.08. The molecule has 1 aliphatic heterocycles. The molecule has 1 aromatic rings. The molecule has 0 saturated carbocycles. The third-order valence-electron chi connectivity index (χ3n) is 3.68. The van der Waals surface area contributed by atoms with Crippen LogP contribution in [-0.4, -0.2) is 37.0 Å². The van der Waals surface area contributed by atoms with Gasteiger partial charge in [0.15, 0.2) is 0 Å². The largest absolute Gasteiger partial charge is 0.466 e. The average molecular weight is 275 g/mol. The lowest BCUT2D eigenvalue weighted by atomic mass is 9.98. The summed E-state index contributed by atoms with van der Waals surface area (Å²) >= 11 is 0. The summed E-state index contributed by atoms with van der Waals surface area (Å²) in [6, 6.07) is 6.38. The fourth-order valence-corrected chi connectivity index (χ4v) is 2.54. The number of ether oxygens (including phenoxy) is 1. The van der Waals surface area contributed by atoms with Crippen LogP contribution in [0.1, 0.15) is 30.0 Å². The van der Waals surface area contributed by atoms with Gasteiger partial charge >= 0.3 is 5.97 Å². The zero-order chi connectivity index (χ0) is 14.4. The van der Waals surface area contributed by atoms with Crippen LogP contribution in [0.3, 0.4) is 0 Å². The Morgan fingerprint density at radius 2 is 2.05 bits per heavy atom. The topological polar surface area (TPSA) is 46.6 Å². The molecule has 0 bridgehead atoms. The van der Waals surface area contributed by atoms with E-state index in [4.69, 9.17) is 4.74 Å². The molecule has 0 aliphatic carbocycles. The molecule has 0 atom stereocenters. The Labute approximate surface area is 119 Å². The van der Waals surface area contributed by atoms with Crippen molar-refractivity contribution in [2.24, 2.45) is 0 Å². The van der Waals surface area contributed by atoms with Gasteiger partial charge in [0.25, 0.3) is 0 Å². The van der Waals surface area contributed by atoms with Crippen LogP contribution in [-0.2, 0) is 33.6 Å². The highest BCUT2D eigenvalue weighted by molar-refractivity contribution is 5.69. The van der Waals surface area contributed by atoms with Gasteiger partial charge in [-0.05, 0) is 42.9 Å². The van der Waals surface area contributed by atoms with E-state index < -0.39 is 0 Å². The highest BCUT2D eigenvalue weighted by atomic mass is 16.5. The van der Waals surface area contributed by atoms with E-state index in [0.29, 0.717) is 19.4 Å². The number of nitrogens with zero attached hydrogens (tertiary/aromatic N) is 1. The maximum absolute atomic E-state index is 11.4. The zero-order valence-corrected chi connectivity index (χ0v) is 11.9. The molecule has 0 unspecified atom stereocenters. The second-order valence-corrected chi connectivity index (χ2v) is 5.05. The lowest BCUT2D eigenvalue weighted by Crippen LogP contribution is -2.24. The number of carbonyl (C=O) groups excluding carboxylic acids is 2. The summed E-state index contributed by atoms with van der Waals surface area (Å²) in [6.07, 6.45) is 3.86. The normalized spacial score (nSPS) is 14.3. The third-order valence-corrected chi connectivity index (χ3v) is 3.68. The van der Waals surface area contributed by atoms with Crippen molar-refractivity contribution >= 4 is 12.4 Å². The van der Waals surface area contributed by atoms with Gasteiger partial charge in [-0.1, -0.05) is 18.2 Å². The Bertz CT molecular complexity index is 485. The number of carbonyl (C=O) groups is 2. The number of esters is 1. The first kappa shape index (κ1) is 14.6. The van der Waals surface area contributed by atoms with E-state index in [1.165, 1.54) is 11.1 Å². The molecule has 0 spiro atoms. The van der Waals surface area contributed by atoms with E-state index in [2.05, 4.69) is 18.2 Å². The van der Waals surface area contributed by atoms with E-state index in [1.54, 1.807) is 0 Å². The van der Waals surface area contributed by atoms with Crippen LogP contribution < -0.4 is 0 Å². The second-order valence-electron chi connectivity index (χ2n) is 5.05. The molecule has 1 aromatic carbocycles. The van der Waals surface area contributed by atoms with Crippen LogP contribution in [0.2, 0.25) is 0 Å². The predicted molar refractivity (Wildman–Crippen MR) is 76.4 cm³/mol. The molecule has 108 valence electrons. The summed E-state index contributed by atoms with van der Waals surface area (Å²) < 4.78 is 4.94. The average Bonchev–Trinajstić information content (AvgIpc) is 2.67. The first-order valence-corrected chi connectivity index (χ1v) is 7.18. The van der Waals surface area contributed by atoms with E-state index in [9.17, 15) is 9.59 Å².